The lowest BCUT2D eigenvalue weighted by molar-refractivity contribution is -0.274. The van der Waals surface area contributed by atoms with Crippen molar-refractivity contribution in [3.63, 3.8) is 0 Å². The molecule has 0 aliphatic carbocycles. The first-order chi connectivity index (χ1) is 12.0. The van der Waals surface area contributed by atoms with Crippen molar-refractivity contribution in [2.24, 2.45) is 11.3 Å². The van der Waals surface area contributed by atoms with Crippen LogP contribution in [0.5, 0.6) is 5.75 Å². The number of piperidine rings is 1. The van der Waals surface area contributed by atoms with E-state index in [2.05, 4.69) is 10.1 Å². The van der Waals surface area contributed by atoms with Crippen LogP contribution < -0.4 is 10.1 Å². The Hall–Kier alpha value is -2.25. The second-order valence-corrected chi connectivity index (χ2v) is 7.38. The zero-order valence-electron chi connectivity index (χ0n) is 15.0. The fraction of sp³-hybridized carbons (Fsp3) is 0.556. The molecular weight excluding hydrogens is 349 g/mol. The number of hydrogen-bond donors (Lipinski definition) is 1. The number of alkyl halides is 3. The van der Waals surface area contributed by atoms with Crippen LogP contribution >= 0.6 is 0 Å². The number of carbonyl (C=O) groups is 2. The molecule has 8 heteroatoms. The highest BCUT2D eigenvalue weighted by Crippen LogP contribution is 2.26. The molecule has 2 rings (SSSR count). The van der Waals surface area contributed by atoms with Crippen molar-refractivity contribution >= 4 is 17.5 Å². The van der Waals surface area contributed by atoms with Crippen molar-refractivity contribution in [3.05, 3.63) is 24.3 Å². The van der Waals surface area contributed by atoms with Gasteiger partial charge in [-0.05, 0) is 37.1 Å². The summed E-state index contributed by atoms with van der Waals surface area (Å²) in [6.07, 6.45) is -3.63. The SMILES string of the molecule is CC(C)(C)C(=O)N1CCC(C(=O)Nc2ccc(OC(F)(F)F)cc2)CC1. The van der Waals surface area contributed by atoms with Crippen LogP contribution in [0.15, 0.2) is 24.3 Å². The number of carbonyl (C=O) groups excluding carboxylic acids is 2. The summed E-state index contributed by atoms with van der Waals surface area (Å²) in [5.74, 6) is -0.705. The number of rotatable bonds is 3. The number of nitrogens with one attached hydrogen (secondary N) is 1. The molecule has 0 spiro atoms. The quantitative estimate of drug-likeness (QED) is 0.878. The van der Waals surface area contributed by atoms with Gasteiger partial charge in [0.05, 0.1) is 0 Å². The molecule has 0 radical (unpaired) electrons. The predicted octanol–water partition coefficient (Wildman–Crippen LogP) is 3.81. The lowest BCUT2D eigenvalue weighted by Gasteiger charge is -2.35. The minimum atomic E-state index is -4.75. The van der Waals surface area contributed by atoms with Gasteiger partial charge in [-0.2, -0.15) is 0 Å². The molecule has 0 unspecified atom stereocenters. The molecule has 5 nitrogen and oxygen atoms in total. The third-order valence-corrected chi connectivity index (χ3v) is 4.15. The van der Waals surface area contributed by atoms with Gasteiger partial charge in [0.15, 0.2) is 0 Å². The predicted molar refractivity (Wildman–Crippen MR) is 90.5 cm³/mol. The van der Waals surface area contributed by atoms with Crippen LogP contribution in [0.1, 0.15) is 33.6 Å². The van der Waals surface area contributed by atoms with Crippen LogP contribution in [0.4, 0.5) is 18.9 Å². The highest BCUT2D eigenvalue weighted by atomic mass is 19.4. The van der Waals surface area contributed by atoms with Gasteiger partial charge in [0.2, 0.25) is 11.8 Å². The van der Waals surface area contributed by atoms with Crippen molar-refractivity contribution in [3.8, 4) is 5.75 Å². The number of nitrogens with zero attached hydrogens (tertiary/aromatic N) is 1. The molecule has 0 bridgehead atoms. The third-order valence-electron chi connectivity index (χ3n) is 4.15. The molecule has 1 saturated heterocycles. The van der Waals surface area contributed by atoms with E-state index in [1.165, 1.54) is 12.1 Å². The van der Waals surface area contributed by atoms with E-state index < -0.39 is 11.8 Å². The van der Waals surface area contributed by atoms with Gasteiger partial charge in [-0.3, -0.25) is 9.59 Å². The molecule has 0 atom stereocenters. The summed E-state index contributed by atoms with van der Waals surface area (Å²) in [5, 5.41) is 2.70. The van der Waals surface area contributed by atoms with Crippen molar-refractivity contribution < 1.29 is 27.5 Å². The second-order valence-electron chi connectivity index (χ2n) is 7.38. The summed E-state index contributed by atoms with van der Waals surface area (Å²) in [5.41, 5.74) is -0.0484. The normalized spacial score (nSPS) is 16.3. The van der Waals surface area contributed by atoms with Gasteiger partial charge in [0.25, 0.3) is 0 Å². The van der Waals surface area contributed by atoms with E-state index in [1.807, 2.05) is 20.8 Å². The van der Waals surface area contributed by atoms with E-state index in [9.17, 15) is 22.8 Å². The first-order valence-electron chi connectivity index (χ1n) is 8.42. The fourth-order valence-electron chi connectivity index (χ4n) is 2.80. The average molecular weight is 372 g/mol. The number of halogens is 3. The Morgan fingerprint density at radius 1 is 1.08 bits per heavy atom. The molecule has 2 amide bonds. The second kappa shape index (κ2) is 7.55. The number of ether oxygens (including phenoxy) is 1. The Morgan fingerprint density at radius 2 is 1.62 bits per heavy atom. The van der Waals surface area contributed by atoms with Gasteiger partial charge in [0.1, 0.15) is 5.75 Å². The number of likely N-dealkylation sites (tertiary alicyclic amines) is 1. The Bertz CT molecular complexity index is 643. The fourth-order valence-corrected chi connectivity index (χ4v) is 2.80. The third kappa shape index (κ3) is 5.64. The summed E-state index contributed by atoms with van der Waals surface area (Å²) < 4.78 is 40.2. The van der Waals surface area contributed by atoms with Crippen LogP contribution in [-0.4, -0.2) is 36.2 Å². The van der Waals surface area contributed by atoms with Gasteiger partial charge in [-0.25, -0.2) is 0 Å². The summed E-state index contributed by atoms with van der Waals surface area (Å²) in [4.78, 5) is 26.4. The van der Waals surface area contributed by atoms with Gasteiger partial charge < -0.3 is 15.0 Å². The molecule has 1 heterocycles. The first kappa shape index (κ1) is 20.1. The highest BCUT2D eigenvalue weighted by Gasteiger charge is 2.33. The molecule has 0 saturated carbocycles. The summed E-state index contributed by atoms with van der Waals surface area (Å²) in [6.45, 7) is 6.62. The van der Waals surface area contributed by atoms with Gasteiger partial charge in [0, 0.05) is 30.1 Å². The van der Waals surface area contributed by atoms with Crippen molar-refractivity contribution in [2.75, 3.05) is 18.4 Å². The maximum Gasteiger partial charge on any atom is 0.573 e. The highest BCUT2D eigenvalue weighted by molar-refractivity contribution is 5.92. The van der Waals surface area contributed by atoms with Crippen LogP contribution in [0, 0.1) is 11.3 Å². The maximum absolute atomic E-state index is 12.3. The molecule has 26 heavy (non-hydrogen) atoms. The Balaban J connectivity index is 1.86. The smallest absolute Gasteiger partial charge is 0.406 e. The number of amides is 2. The van der Waals surface area contributed by atoms with Crippen LogP contribution in [0.25, 0.3) is 0 Å². The number of anilines is 1. The zero-order valence-corrected chi connectivity index (χ0v) is 15.0. The molecule has 1 aromatic rings. The van der Waals surface area contributed by atoms with Crippen LogP contribution in [0.3, 0.4) is 0 Å². The molecule has 1 fully saturated rings. The lowest BCUT2D eigenvalue weighted by Crippen LogP contribution is -2.45. The minimum Gasteiger partial charge on any atom is -0.406 e. The molecular formula is C18H23F3N2O3. The standard InChI is InChI=1S/C18H23F3N2O3/c1-17(2,3)16(25)23-10-8-12(9-11-23)15(24)22-13-4-6-14(7-5-13)26-18(19,20)21/h4-7,12H,8-11H2,1-3H3,(H,22,24). The maximum atomic E-state index is 12.3. The minimum absolute atomic E-state index is 0.0663. The average Bonchev–Trinajstić information content (AvgIpc) is 2.54. The largest absolute Gasteiger partial charge is 0.573 e. The van der Waals surface area contributed by atoms with Gasteiger partial charge in [-0.1, -0.05) is 20.8 Å². The van der Waals surface area contributed by atoms with Crippen LogP contribution in [0.2, 0.25) is 0 Å². The number of benzene rings is 1. The molecule has 1 aliphatic heterocycles. The van der Waals surface area contributed by atoms with E-state index in [0.29, 0.717) is 31.6 Å². The lowest BCUT2D eigenvalue weighted by atomic mass is 9.90. The summed E-state index contributed by atoms with van der Waals surface area (Å²) >= 11 is 0. The van der Waals surface area contributed by atoms with E-state index in [4.69, 9.17) is 0 Å². The van der Waals surface area contributed by atoms with E-state index >= 15 is 0 Å². The van der Waals surface area contributed by atoms with Gasteiger partial charge >= 0.3 is 6.36 Å². The molecule has 0 aromatic heterocycles. The van der Waals surface area contributed by atoms with Crippen LogP contribution in [-0.2, 0) is 9.59 Å². The zero-order chi connectivity index (χ0) is 19.5. The summed E-state index contributed by atoms with van der Waals surface area (Å²) in [6, 6.07) is 5.01. The monoisotopic (exact) mass is 372 g/mol. The topological polar surface area (TPSA) is 58.6 Å². The van der Waals surface area contributed by atoms with E-state index in [0.717, 1.165) is 12.1 Å². The molecule has 1 aliphatic rings. The Morgan fingerprint density at radius 3 is 2.08 bits per heavy atom. The molecule has 1 N–H and O–H groups in total. The van der Waals surface area contributed by atoms with E-state index in [-0.39, 0.29) is 23.5 Å². The van der Waals surface area contributed by atoms with Crippen molar-refractivity contribution in [1.82, 2.24) is 4.90 Å². The summed E-state index contributed by atoms with van der Waals surface area (Å²) in [7, 11) is 0. The number of hydrogen-bond acceptors (Lipinski definition) is 3. The Labute approximate surface area is 150 Å². The van der Waals surface area contributed by atoms with Crippen molar-refractivity contribution in [2.45, 2.75) is 40.0 Å². The molecule has 1 aromatic carbocycles. The van der Waals surface area contributed by atoms with Crippen molar-refractivity contribution in [1.29, 1.82) is 0 Å². The van der Waals surface area contributed by atoms with Gasteiger partial charge in [-0.15, -0.1) is 13.2 Å². The first-order valence-corrected chi connectivity index (χ1v) is 8.42. The molecule has 144 valence electrons. The Kier molecular flexibility index (Phi) is 5.83. The van der Waals surface area contributed by atoms with E-state index in [1.54, 1.807) is 4.90 Å².